The fraction of sp³-hybridized carbons (Fsp3) is 0.333. The van der Waals surface area contributed by atoms with Crippen molar-refractivity contribution in [2.45, 2.75) is 25.8 Å². The molecule has 0 fully saturated rings. The predicted octanol–water partition coefficient (Wildman–Crippen LogP) is 0.592. The van der Waals surface area contributed by atoms with Crippen LogP contribution in [0.1, 0.15) is 30.8 Å². The van der Waals surface area contributed by atoms with Crippen LogP contribution >= 0.6 is 0 Å². The molecule has 19 heavy (non-hydrogen) atoms. The number of hydrogen-bond acceptors (Lipinski definition) is 5. The van der Waals surface area contributed by atoms with Crippen LogP contribution in [0.4, 0.5) is 5.69 Å². The molecule has 0 aliphatic rings. The highest BCUT2D eigenvalue weighted by atomic mass is 16.1. The normalized spacial score (nSPS) is 12.1. The number of aryl methyl sites for hydroxylation is 1. The van der Waals surface area contributed by atoms with Crippen LogP contribution < -0.4 is 11.1 Å². The average molecular weight is 260 g/mol. The molecule has 0 radical (unpaired) electrons. The van der Waals surface area contributed by atoms with E-state index in [9.17, 15) is 4.79 Å². The quantitative estimate of drug-likeness (QED) is 0.682. The summed E-state index contributed by atoms with van der Waals surface area (Å²) in [6.45, 7) is 1.81. The van der Waals surface area contributed by atoms with E-state index in [4.69, 9.17) is 5.73 Å². The highest BCUT2D eigenvalue weighted by Gasteiger charge is 2.13. The summed E-state index contributed by atoms with van der Waals surface area (Å²) >= 11 is 0. The van der Waals surface area contributed by atoms with Crippen molar-refractivity contribution in [3.63, 3.8) is 0 Å². The van der Waals surface area contributed by atoms with E-state index in [1.54, 1.807) is 0 Å². The number of hydrogen-bond donors (Lipinski definition) is 3. The fourth-order valence-corrected chi connectivity index (χ4v) is 1.74. The minimum absolute atomic E-state index is 0.0558. The zero-order valence-electron chi connectivity index (χ0n) is 10.6. The van der Waals surface area contributed by atoms with Crippen LogP contribution in [0.5, 0.6) is 0 Å². The molecular formula is C12H16N6O. The lowest BCUT2D eigenvalue weighted by Gasteiger charge is -2.09. The second-order valence-electron chi connectivity index (χ2n) is 4.30. The number of carbonyl (C=O) groups is 1. The van der Waals surface area contributed by atoms with Crippen molar-refractivity contribution in [1.29, 1.82) is 0 Å². The largest absolute Gasteiger partial charge is 0.399 e. The van der Waals surface area contributed by atoms with Gasteiger partial charge in [-0.2, -0.15) is 5.21 Å². The van der Waals surface area contributed by atoms with Crippen LogP contribution in [-0.2, 0) is 11.2 Å². The van der Waals surface area contributed by atoms with Gasteiger partial charge in [-0.15, -0.1) is 10.2 Å². The molecule has 1 heterocycles. The number of anilines is 1. The van der Waals surface area contributed by atoms with Crippen molar-refractivity contribution in [3.8, 4) is 0 Å². The lowest BCUT2D eigenvalue weighted by molar-refractivity contribution is -0.121. The molecule has 100 valence electrons. The van der Waals surface area contributed by atoms with Crippen molar-refractivity contribution in [2.24, 2.45) is 0 Å². The second-order valence-corrected chi connectivity index (χ2v) is 4.30. The smallest absolute Gasteiger partial charge is 0.220 e. The molecule has 7 heteroatoms. The Morgan fingerprint density at radius 1 is 1.53 bits per heavy atom. The lowest BCUT2D eigenvalue weighted by Crippen LogP contribution is -2.27. The SMILES string of the molecule is CC(NC(=O)CCc1cccc(N)c1)c1nn[nH]n1. The molecule has 7 nitrogen and oxygen atoms in total. The van der Waals surface area contributed by atoms with E-state index >= 15 is 0 Å². The van der Waals surface area contributed by atoms with Gasteiger partial charge in [0.1, 0.15) is 0 Å². The van der Waals surface area contributed by atoms with Crippen molar-refractivity contribution < 1.29 is 4.79 Å². The maximum Gasteiger partial charge on any atom is 0.220 e. The maximum absolute atomic E-state index is 11.8. The van der Waals surface area contributed by atoms with Gasteiger partial charge in [0.05, 0.1) is 6.04 Å². The van der Waals surface area contributed by atoms with Gasteiger partial charge in [0, 0.05) is 12.1 Å². The molecule has 0 aliphatic carbocycles. The minimum Gasteiger partial charge on any atom is -0.399 e. The van der Waals surface area contributed by atoms with Crippen molar-refractivity contribution in [1.82, 2.24) is 25.9 Å². The first kappa shape index (κ1) is 13.0. The summed E-state index contributed by atoms with van der Waals surface area (Å²) in [6, 6.07) is 7.27. The third-order valence-electron chi connectivity index (χ3n) is 2.72. The Morgan fingerprint density at radius 3 is 3.05 bits per heavy atom. The maximum atomic E-state index is 11.8. The van der Waals surface area contributed by atoms with E-state index in [0.29, 0.717) is 24.4 Å². The number of nitrogens with zero attached hydrogens (tertiary/aromatic N) is 3. The minimum atomic E-state index is -0.257. The Kier molecular flexibility index (Phi) is 4.07. The molecule has 1 atom stereocenters. The predicted molar refractivity (Wildman–Crippen MR) is 69.9 cm³/mol. The van der Waals surface area contributed by atoms with E-state index in [2.05, 4.69) is 25.9 Å². The second kappa shape index (κ2) is 5.94. The third kappa shape index (κ3) is 3.77. The lowest BCUT2D eigenvalue weighted by atomic mass is 10.1. The van der Waals surface area contributed by atoms with Gasteiger partial charge < -0.3 is 11.1 Å². The van der Waals surface area contributed by atoms with Crippen LogP contribution in [0.15, 0.2) is 24.3 Å². The van der Waals surface area contributed by atoms with Gasteiger partial charge in [-0.25, -0.2) is 0 Å². The van der Waals surface area contributed by atoms with E-state index in [0.717, 1.165) is 5.56 Å². The Hall–Kier alpha value is -2.44. The summed E-state index contributed by atoms with van der Waals surface area (Å²) in [5, 5.41) is 16.3. The number of H-pyrrole nitrogens is 1. The highest BCUT2D eigenvalue weighted by Crippen LogP contribution is 2.09. The number of nitrogens with one attached hydrogen (secondary N) is 2. The zero-order chi connectivity index (χ0) is 13.7. The Balaban J connectivity index is 1.82. The number of benzene rings is 1. The van der Waals surface area contributed by atoms with E-state index in [1.807, 2.05) is 31.2 Å². The van der Waals surface area contributed by atoms with Gasteiger partial charge in [-0.3, -0.25) is 4.79 Å². The van der Waals surface area contributed by atoms with Crippen molar-refractivity contribution in [3.05, 3.63) is 35.7 Å². The first-order valence-electron chi connectivity index (χ1n) is 6.02. The highest BCUT2D eigenvalue weighted by molar-refractivity contribution is 5.76. The molecule has 1 aromatic heterocycles. The number of nitrogen functional groups attached to an aromatic ring is 1. The molecule has 1 aromatic carbocycles. The first-order chi connectivity index (χ1) is 9.15. The van der Waals surface area contributed by atoms with Gasteiger partial charge >= 0.3 is 0 Å². The molecular weight excluding hydrogens is 244 g/mol. The summed E-state index contributed by atoms with van der Waals surface area (Å²) in [4.78, 5) is 11.8. The fourth-order valence-electron chi connectivity index (χ4n) is 1.74. The molecule has 4 N–H and O–H groups in total. The standard InChI is InChI=1S/C12H16N6O/c1-8(12-15-17-18-16-12)14-11(19)6-5-9-3-2-4-10(13)7-9/h2-4,7-8H,5-6,13H2,1H3,(H,14,19)(H,15,16,17,18). The third-order valence-corrected chi connectivity index (χ3v) is 2.72. The first-order valence-corrected chi connectivity index (χ1v) is 6.02. The van der Waals surface area contributed by atoms with Crippen LogP contribution in [0.25, 0.3) is 0 Å². The average Bonchev–Trinajstić information content (AvgIpc) is 2.90. The van der Waals surface area contributed by atoms with E-state index in [1.165, 1.54) is 0 Å². The number of amides is 1. The molecule has 0 spiro atoms. The molecule has 1 unspecified atom stereocenters. The number of carbonyl (C=O) groups excluding carboxylic acids is 1. The van der Waals surface area contributed by atoms with Gasteiger partial charge in [0.2, 0.25) is 5.91 Å². The summed E-state index contributed by atoms with van der Waals surface area (Å²) in [5.74, 6) is 0.414. The van der Waals surface area contributed by atoms with Crippen molar-refractivity contribution in [2.75, 3.05) is 5.73 Å². The summed E-state index contributed by atoms with van der Waals surface area (Å²) in [5.41, 5.74) is 7.43. The molecule has 0 aliphatic heterocycles. The van der Waals surface area contributed by atoms with Crippen LogP contribution in [0.3, 0.4) is 0 Å². The molecule has 0 saturated heterocycles. The molecule has 2 aromatic rings. The number of aromatic amines is 1. The van der Waals surface area contributed by atoms with E-state index < -0.39 is 0 Å². The van der Waals surface area contributed by atoms with Gasteiger partial charge in [0.15, 0.2) is 5.82 Å². The monoisotopic (exact) mass is 260 g/mol. The Labute approximate surface area is 110 Å². The van der Waals surface area contributed by atoms with Crippen LogP contribution in [0.2, 0.25) is 0 Å². The van der Waals surface area contributed by atoms with Gasteiger partial charge in [-0.05, 0) is 31.0 Å². The molecule has 0 bridgehead atoms. The number of aromatic nitrogens is 4. The van der Waals surface area contributed by atoms with E-state index in [-0.39, 0.29) is 11.9 Å². The van der Waals surface area contributed by atoms with Crippen LogP contribution in [-0.4, -0.2) is 26.5 Å². The molecule has 1 amide bonds. The van der Waals surface area contributed by atoms with Crippen LogP contribution in [0, 0.1) is 0 Å². The molecule has 2 rings (SSSR count). The Bertz CT molecular complexity index is 539. The van der Waals surface area contributed by atoms with Gasteiger partial charge in [0.25, 0.3) is 0 Å². The Morgan fingerprint density at radius 2 is 2.37 bits per heavy atom. The number of rotatable bonds is 5. The van der Waals surface area contributed by atoms with Crippen molar-refractivity contribution >= 4 is 11.6 Å². The summed E-state index contributed by atoms with van der Waals surface area (Å²) in [6.07, 6.45) is 1.04. The zero-order valence-corrected chi connectivity index (χ0v) is 10.6. The number of nitrogens with two attached hydrogens (primary N) is 1. The molecule has 0 saturated carbocycles. The summed E-state index contributed by atoms with van der Waals surface area (Å²) < 4.78 is 0. The van der Waals surface area contributed by atoms with Gasteiger partial charge in [-0.1, -0.05) is 17.3 Å². The number of tetrazole rings is 1. The summed E-state index contributed by atoms with van der Waals surface area (Å²) in [7, 11) is 0. The topological polar surface area (TPSA) is 110 Å².